The fourth-order valence-corrected chi connectivity index (χ4v) is 2.30. The third-order valence-corrected chi connectivity index (χ3v) is 5.12. The van der Waals surface area contributed by atoms with Crippen LogP contribution in [0, 0.1) is 20.3 Å². The van der Waals surface area contributed by atoms with Gasteiger partial charge in [0.05, 0.1) is 11.5 Å². The minimum atomic E-state index is -0.189. The van der Waals surface area contributed by atoms with Gasteiger partial charge in [-0.1, -0.05) is 6.42 Å². The van der Waals surface area contributed by atoms with Crippen molar-refractivity contribution in [3.8, 4) is 6.07 Å². The molecule has 2 nitrogen and oxygen atoms in total. The van der Waals surface area contributed by atoms with E-state index in [1.165, 1.54) is 3.57 Å². The number of anilines is 1. The van der Waals surface area contributed by atoms with Gasteiger partial charge in [0.2, 0.25) is 0 Å². The van der Waals surface area contributed by atoms with Gasteiger partial charge in [-0.3, -0.25) is 0 Å². The molecule has 1 aromatic rings. The van der Waals surface area contributed by atoms with Crippen molar-refractivity contribution in [3.63, 3.8) is 0 Å². The number of hydrogen-bond acceptors (Lipinski definition) is 2. The van der Waals surface area contributed by atoms with E-state index in [0.717, 1.165) is 36.0 Å². The van der Waals surface area contributed by atoms with Crippen molar-refractivity contribution in [1.29, 1.82) is 5.26 Å². The Hall–Kier alpha value is -0.280. The predicted octanol–water partition coefficient (Wildman–Crippen LogP) is 5.19. The molecule has 0 saturated heterocycles. The van der Waals surface area contributed by atoms with Crippen molar-refractivity contribution in [2.45, 2.75) is 33.1 Å². The summed E-state index contributed by atoms with van der Waals surface area (Å²) in [6.07, 6.45) is 3.13. The number of nitrogens with one attached hydrogen (secondary N) is 1. The summed E-state index contributed by atoms with van der Waals surface area (Å²) in [4.78, 5) is 0. The average Bonchev–Trinajstić information content (AvgIpc) is 2.33. The fourth-order valence-electron chi connectivity index (χ4n) is 1.59. The van der Waals surface area contributed by atoms with E-state index < -0.39 is 0 Å². The summed E-state index contributed by atoms with van der Waals surface area (Å²) >= 11 is 5.82. The maximum atomic E-state index is 8.91. The lowest BCUT2D eigenvalue weighted by molar-refractivity contribution is 0.430. The summed E-state index contributed by atoms with van der Waals surface area (Å²) in [6.45, 7) is 4.95. The summed E-state index contributed by atoms with van der Waals surface area (Å²) in [5, 5.41) is 12.3. The zero-order valence-corrected chi connectivity index (χ0v) is 14.5. The summed E-state index contributed by atoms with van der Waals surface area (Å²) in [6, 6.07) is 8.61. The Labute approximate surface area is 131 Å². The molecule has 0 aromatic heterocycles. The van der Waals surface area contributed by atoms with Crippen LogP contribution in [0.2, 0.25) is 0 Å². The molecule has 0 saturated carbocycles. The van der Waals surface area contributed by atoms with Crippen LogP contribution >= 0.6 is 38.5 Å². The minimum absolute atomic E-state index is 0.189. The molecule has 18 heavy (non-hydrogen) atoms. The molecule has 0 bridgehead atoms. The molecule has 1 N–H and O–H groups in total. The van der Waals surface area contributed by atoms with Gasteiger partial charge >= 0.3 is 0 Å². The van der Waals surface area contributed by atoms with Crippen molar-refractivity contribution in [2.24, 2.45) is 5.41 Å². The van der Waals surface area contributed by atoms with Crippen LogP contribution in [0.4, 0.5) is 5.69 Å². The zero-order chi connectivity index (χ0) is 13.6. The summed E-state index contributed by atoms with van der Waals surface area (Å²) < 4.78 is 2.34. The van der Waals surface area contributed by atoms with Crippen molar-refractivity contribution in [1.82, 2.24) is 0 Å². The van der Waals surface area contributed by atoms with Crippen molar-refractivity contribution in [2.75, 3.05) is 11.9 Å². The SMILES string of the molecule is CC(C)(C#N)CCCCNc1ccc(I)c(Br)c1. The summed E-state index contributed by atoms with van der Waals surface area (Å²) in [5.41, 5.74) is 0.952. The van der Waals surface area contributed by atoms with Crippen molar-refractivity contribution >= 4 is 44.2 Å². The van der Waals surface area contributed by atoms with E-state index in [1.54, 1.807) is 0 Å². The van der Waals surface area contributed by atoms with E-state index >= 15 is 0 Å². The summed E-state index contributed by atoms with van der Waals surface area (Å²) in [7, 11) is 0. The van der Waals surface area contributed by atoms with Gasteiger partial charge in [0, 0.05) is 20.3 Å². The lowest BCUT2D eigenvalue weighted by Gasteiger charge is -2.14. The smallest absolute Gasteiger partial charge is 0.0683 e. The van der Waals surface area contributed by atoms with Crippen molar-refractivity contribution < 1.29 is 0 Å². The molecule has 0 aliphatic carbocycles. The highest BCUT2D eigenvalue weighted by Crippen LogP contribution is 2.24. The van der Waals surface area contributed by atoms with E-state index in [4.69, 9.17) is 5.26 Å². The standard InChI is InChI=1S/C14H18BrIN2/c1-14(2,10-17)7-3-4-8-18-11-5-6-13(16)12(15)9-11/h5-6,9,18H,3-4,7-8H2,1-2H3. The quantitative estimate of drug-likeness (QED) is 0.508. The first-order valence-corrected chi connectivity index (χ1v) is 7.92. The number of benzene rings is 1. The van der Waals surface area contributed by atoms with Gasteiger partial charge in [0.15, 0.2) is 0 Å². The number of unbranched alkanes of at least 4 members (excludes halogenated alkanes) is 1. The van der Waals surface area contributed by atoms with Crippen molar-refractivity contribution in [3.05, 3.63) is 26.2 Å². The Morgan fingerprint density at radius 3 is 2.72 bits per heavy atom. The molecule has 0 fully saturated rings. The molecule has 1 aromatic carbocycles. The first-order chi connectivity index (χ1) is 8.44. The highest BCUT2D eigenvalue weighted by molar-refractivity contribution is 14.1. The van der Waals surface area contributed by atoms with E-state index in [0.29, 0.717) is 0 Å². The normalized spacial score (nSPS) is 11.1. The van der Waals surface area contributed by atoms with Crippen LogP contribution in [-0.4, -0.2) is 6.54 Å². The number of nitriles is 1. The van der Waals surface area contributed by atoms with Gasteiger partial charge in [-0.25, -0.2) is 0 Å². The van der Waals surface area contributed by atoms with Gasteiger partial charge in [0.1, 0.15) is 0 Å². The molecule has 4 heteroatoms. The maximum absolute atomic E-state index is 8.91. The third-order valence-electron chi connectivity index (χ3n) is 2.78. The molecule has 0 aliphatic rings. The van der Waals surface area contributed by atoms with Crippen LogP contribution < -0.4 is 5.32 Å². The lowest BCUT2D eigenvalue weighted by atomic mass is 9.89. The second-order valence-electron chi connectivity index (χ2n) is 5.01. The number of halogens is 2. The minimum Gasteiger partial charge on any atom is -0.385 e. The molecule has 1 rings (SSSR count). The molecule has 0 aliphatic heterocycles. The van der Waals surface area contributed by atoms with Crippen LogP contribution in [0.25, 0.3) is 0 Å². The van der Waals surface area contributed by atoms with Gasteiger partial charge in [-0.05, 0) is 83.4 Å². The van der Waals surface area contributed by atoms with Crippen LogP contribution in [0.3, 0.4) is 0 Å². The zero-order valence-electron chi connectivity index (χ0n) is 10.8. The van der Waals surface area contributed by atoms with E-state index in [2.05, 4.69) is 68.1 Å². The molecule has 0 atom stereocenters. The molecule has 0 spiro atoms. The Bertz CT molecular complexity index is 438. The second-order valence-corrected chi connectivity index (χ2v) is 7.02. The molecular formula is C14H18BrIN2. The van der Waals surface area contributed by atoms with Gasteiger partial charge in [0.25, 0.3) is 0 Å². The van der Waals surface area contributed by atoms with E-state index in [-0.39, 0.29) is 5.41 Å². The van der Waals surface area contributed by atoms with Crippen LogP contribution in [0.15, 0.2) is 22.7 Å². The molecular weight excluding hydrogens is 403 g/mol. The average molecular weight is 421 g/mol. The predicted molar refractivity (Wildman–Crippen MR) is 88.6 cm³/mol. The van der Waals surface area contributed by atoms with Gasteiger partial charge in [-0.2, -0.15) is 5.26 Å². The monoisotopic (exact) mass is 420 g/mol. The number of nitrogens with zero attached hydrogens (tertiary/aromatic N) is 1. The highest BCUT2D eigenvalue weighted by atomic mass is 127. The Morgan fingerprint density at radius 2 is 2.11 bits per heavy atom. The van der Waals surface area contributed by atoms with Crippen LogP contribution in [-0.2, 0) is 0 Å². The van der Waals surface area contributed by atoms with Crippen LogP contribution in [0.1, 0.15) is 33.1 Å². The van der Waals surface area contributed by atoms with E-state index in [9.17, 15) is 0 Å². The number of rotatable bonds is 6. The number of hydrogen-bond donors (Lipinski definition) is 1. The molecule has 0 heterocycles. The topological polar surface area (TPSA) is 35.8 Å². The first kappa shape index (κ1) is 15.8. The molecule has 98 valence electrons. The largest absolute Gasteiger partial charge is 0.385 e. The fraction of sp³-hybridized carbons (Fsp3) is 0.500. The second kappa shape index (κ2) is 7.34. The van der Waals surface area contributed by atoms with Gasteiger partial charge < -0.3 is 5.32 Å². The van der Waals surface area contributed by atoms with E-state index in [1.807, 2.05) is 13.8 Å². The van der Waals surface area contributed by atoms with Gasteiger partial charge in [-0.15, -0.1) is 0 Å². The summed E-state index contributed by atoms with van der Waals surface area (Å²) in [5.74, 6) is 0. The molecule has 0 amide bonds. The van der Waals surface area contributed by atoms with Crippen LogP contribution in [0.5, 0.6) is 0 Å². The highest BCUT2D eigenvalue weighted by Gasteiger charge is 2.15. The molecule has 0 radical (unpaired) electrons. The Kier molecular flexibility index (Phi) is 6.44. The molecule has 0 unspecified atom stereocenters. The third kappa shape index (κ3) is 5.57. The Balaban J connectivity index is 2.26. The first-order valence-electron chi connectivity index (χ1n) is 6.05. The lowest BCUT2D eigenvalue weighted by Crippen LogP contribution is -2.09. The Morgan fingerprint density at radius 1 is 1.39 bits per heavy atom. The maximum Gasteiger partial charge on any atom is 0.0683 e.